The molecule has 0 aliphatic heterocycles. The van der Waals surface area contributed by atoms with E-state index in [1.54, 1.807) is 0 Å². The molecule has 1 amide bonds. The first-order valence-corrected chi connectivity index (χ1v) is 8.45. The Bertz CT molecular complexity index is 482. The minimum Gasteiger partial charge on any atom is -0.373 e. The zero-order chi connectivity index (χ0) is 15.8. The largest absolute Gasteiger partial charge is 0.373 e. The Hall–Kier alpha value is -1.10. The first-order valence-electron chi connectivity index (χ1n) is 8.45. The van der Waals surface area contributed by atoms with E-state index in [0.29, 0.717) is 13.2 Å². The molecule has 2 atom stereocenters. The molecule has 0 heterocycles. The van der Waals surface area contributed by atoms with Crippen molar-refractivity contribution in [1.29, 1.82) is 0 Å². The van der Waals surface area contributed by atoms with Gasteiger partial charge in [0.15, 0.2) is 0 Å². The van der Waals surface area contributed by atoms with Crippen LogP contribution in [0.2, 0.25) is 0 Å². The van der Waals surface area contributed by atoms with Gasteiger partial charge in [0.2, 0.25) is 5.91 Å². The number of carbonyl (C=O) groups is 1. The Morgan fingerprint density at radius 2 is 2.22 bits per heavy atom. The molecule has 2 rings (SSSR count). The molecule has 0 aromatic heterocycles. The lowest BCUT2D eigenvalue weighted by Crippen LogP contribution is -2.41. The lowest BCUT2D eigenvalue weighted by molar-refractivity contribution is -0.122. The third-order valence-corrected chi connectivity index (χ3v) is 4.19. The highest BCUT2D eigenvalue weighted by Gasteiger charge is 2.19. The van der Waals surface area contributed by atoms with Gasteiger partial charge in [-0.05, 0) is 43.2 Å². The van der Waals surface area contributed by atoms with Crippen molar-refractivity contribution in [2.75, 3.05) is 13.2 Å². The minimum atomic E-state index is -0.379. The number of carbonyl (C=O) groups excluding carboxylic acids is 1. The summed E-state index contributed by atoms with van der Waals surface area (Å²) < 4.78 is 6.02. The summed E-state index contributed by atoms with van der Waals surface area (Å²) in [6.07, 6.45) is 6.13. The molecular formula is C18H29ClN2O2. The predicted molar refractivity (Wildman–Crippen MR) is 95.8 cm³/mol. The van der Waals surface area contributed by atoms with Crippen LogP contribution in [0.25, 0.3) is 0 Å². The predicted octanol–water partition coefficient (Wildman–Crippen LogP) is 3.14. The summed E-state index contributed by atoms with van der Waals surface area (Å²) in [4.78, 5) is 11.7. The molecule has 1 aromatic rings. The highest BCUT2D eigenvalue weighted by atomic mass is 35.5. The van der Waals surface area contributed by atoms with Crippen molar-refractivity contribution >= 4 is 18.3 Å². The molecule has 0 fully saturated rings. The Kier molecular flexibility index (Phi) is 9.22. The van der Waals surface area contributed by atoms with E-state index in [1.165, 1.54) is 17.5 Å². The number of aryl methyl sites for hydroxylation is 1. The number of nitrogens with one attached hydrogen (secondary N) is 1. The van der Waals surface area contributed by atoms with Crippen LogP contribution in [0.5, 0.6) is 0 Å². The average molecular weight is 341 g/mol. The molecule has 1 aliphatic carbocycles. The van der Waals surface area contributed by atoms with Crippen molar-refractivity contribution in [3.8, 4) is 0 Å². The van der Waals surface area contributed by atoms with E-state index in [2.05, 4.69) is 29.6 Å². The van der Waals surface area contributed by atoms with E-state index in [1.807, 2.05) is 6.92 Å². The molecule has 3 N–H and O–H groups in total. The monoisotopic (exact) mass is 340 g/mol. The molecule has 1 aliphatic rings. The number of benzene rings is 1. The molecule has 4 nitrogen and oxygen atoms in total. The summed E-state index contributed by atoms with van der Waals surface area (Å²) in [5, 5.41) is 2.88. The van der Waals surface area contributed by atoms with E-state index in [4.69, 9.17) is 10.5 Å². The van der Waals surface area contributed by atoms with E-state index in [9.17, 15) is 4.79 Å². The number of fused-ring (bicyclic) bond motifs is 1. The smallest absolute Gasteiger partial charge is 0.236 e. The van der Waals surface area contributed by atoms with Gasteiger partial charge in [-0.15, -0.1) is 12.4 Å². The first kappa shape index (κ1) is 19.9. The van der Waals surface area contributed by atoms with Crippen LogP contribution < -0.4 is 11.1 Å². The maximum absolute atomic E-state index is 11.7. The van der Waals surface area contributed by atoms with Crippen LogP contribution in [0, 0.1) is 0 Å². The van der Waals surface area contributed by atoms with E-state index in [0.717, 1.165) is 32.1 Å². The molecule has 0 spiro atoms. The van der Waals surface area contributed by atoms with Gasteiger partial charge in [0, 0.05) is 13.2 Å². The Balaban J connectivity index is 0.00000264. The standard InChI is InChI=1S/C18H28N2O2.ClH/c1-2-7-16(19)18(21)20-12-6-13-22-17-11-5-9-14-8-3-4-10-15(14)17;/h3-4,8,10,16-17H,2,5-7,9,11-13,19H2,1H3,(H,20,21);1H. The SMILES string of the molecule is CCCC(N)C(=O)NCCCOC1CCCc2ccccc21.Cl. The molecule has 2 unspecified atom stereocenters. The van der Waals surface area contributed by atoms with Gasteiger partial charge >= 0.3 is 0 Å². The summed E-state index contributed by atoms with van der Waals surface area (Å²) >= 11 is 0. The summed E-state index contributed by atoms with van der Waals surface area (Å²) in [5.74, 6) is -0.0511. The third kappa shape index (κ3) is 6.13. The van der Waals surface area contributed by atoms with Gasteiger partial charge in [0.05, 0.1) is 12.1 Å². The zero-order valence-corrected chi connectivity index (χ0v) is 14.7. The lowest BCUT2D eigenvalue weighted by atomic mass is 9.89. The third-order valence-electron chi connectivity index (χ3n) is 4.19. The molecule has 0 saturated carbocycles. The van der Waals surface area contributed by atoms with Crippen LogP contribution in [0.1, 0.15) is 56.3 Å². The van der Waals surface area contributed by atoms with Gasteiger partial charge in [-0.25, -0.2) is 0 Å². The van der Waals surface area contributed by atoms with Crippen LogP contribution in [0.4, 0.5) is 0 Å². The second kappa shape index (κ2) is 10.6. The van der Waals surface area contributed by atoms with Crippen LogP contribution in [0.3, 0.4) is 0 Å². The number of hydrogen-bond acceptors (Lipinski definition) is 3. The fraction of sp³-hybridized carbons (Fsp3) is 0.611. The molecule has 0 radical (unpaired) electrons. The summed E-state index contributed by atoms with van der Waals surface area (Å²) in [5.41, 5.74) is 8.52. The van der Waals surface area contributed by atoms with Crippen LogP contribution >= 0.6 is 12.4 Å². The van der Waals surface area contributed by atoms with Gasteiger partial charge in [-0.1, -0.05) is 37.6 Å². The van der Waals surface area contributed by atoms with Crippen molar-refractivity contribution < 1.29 is 9.53 Å². The average Bonchev–Trinajstić information content (AvgIpc) is 2.54. The van der Waals surface area contributed by atoms with Crippen LogP contribution in [-0.2, 0) is 16.0 Å². The number of halogens is 1. The van der Waals surface area contributed by atoms with Gasteiger partial charge in [-0.3, -0.25) is 4.79 Å². The maximum Gasteiger partial charge on any atom is 0.236 e. The number of rotatable bonds is 8. The number of hydrogen-bond donors (Lipinski definition) is 2. The Labute approximate surface area is 145 Å². The highest BCUT2D eigenvalue weighted by Crippen LogP contribution is 2.32. The second-order valence-corrected chi connectivity index (χ2v) is 5.99. The molecule has 0 saturated heterocycles. The summed E-state index contributed by atoms with van der Waals surface area (Å²) in [6, 6.07) is 8.16. The van der Waals surface area contributed by atoms with Crippen molar-refractivity contribution in [2.24, 2.45) is 5.73 Å². The highest BCUT2D eigenvalue weighted by molar-refractivity contribution is 5.85. The van der Waals surface area contributed by atoms with Crippen LogP contribution in [0.15, 0.2) is 24.3 Å². The van der Waals surface area contributed by atoms with E-state index in [-0.39, 0.29) is 30.5 Å². The topological polar surface area (TPSA) is 64.4 Å². The fourth-order valence-electron chi connectivity index (χ4n) is 2.97. The zero-order valence-electron chi connectivity index (χ0n) is 13.9. The summed E-state index contributed by atoms with van der Waals surface area (Å²) in [7, 11) is 0. The number of ether oxygens (including phenoxy) is 1. The Morgan fingerprint density at radius 3 is 3.00 bits per heavy atom. The van der Waals surface area contributed by atoms with Gasteiger partial charge in [-0.2, -0.15) is 0 Å². The molecule has 5 heteroatoms. The maximum atomic E-state index is 11.7. The molecular weight excluding hydrogens is 312 g/mol. The van der Waals surface area contributed by atoms with Crippen molar-refractivity contribution in [3.05, 3.63) is 35.4 Å². The Morgan fingerprint density at radius 1 is 1.43 bits per heavy atom. The van der Waals surface area contributed by atoms with Gasteiger partial charge in [0.25, 0.3) is 0 Å². The quantitative estimate of drug-likeness (QED) is 0.714. The molecule has 1 aromatic carbocycles. The first-order chi connectivity index (χ1) is 10.7. The minimum absolute atomic E-state index is 0. The fourth-order valence-corrected chi connectivity index (χ4v) is 2.97. The lowest BCUT2D eigenvalue weighted by Gasteiger charge is -2.25. The summed E-state index contributed by atoms with van der Waals surface area (Å²) in [6.45, 7) is 3.33. The molecule has 130 valence electrons. The van der Waals surface area contributed by atoms with E-state index >= 15 is 0 Å². The number of amides is 1. The van der Waals surface area contributed by atoms with Crippen molar-refractivity contribution in [2.45, 2.75) is 57.6 Å². The number of nitrogens with two attached hydrogens (primary N) is 1. The van der Waals surface area contributed by atoms with Crippen molar-refractivity contribution in [1.82, 2.24) is 5.32 Å². The van der Waals surface area contributed by atoms with Gasteiger partial charge < -0.3 is 15.8 Å². The molecule has 23 heavy (non-hydrogen) atoms. The van der Waals surface area contributed by atoms with E-state index < -0.39 is 0 Å². The second-order valence-electron chi connectivity index (χ2n) is 5.99. The normalized spacial score (nSPS) is 17.7. The van der Waals surface area contributed by atoms with Gasteiger partial charge in [0.1, 0.15) is 0 Å². The van der Waals surface area contributed by atoms with Crippen LogP contribution in [-0.4, -0.2) is 25.1 Å². The molecule has 0 bridgehead atoms. The van der Waals surface area contributed by atoms with Crippen molar-refractivity contribution in [3.63, 3.8) is 0 Å².